The van der Waals surface area contributed by atoms with Crippen molar-refractivity contribution in [2.45, 2.75) is 12.8 Å². The average molecular weight is 248 g/mol. The van der Waals surface area contributed by atoms with E-state index in [0.29, 0.717) is 12.3 Å². The van der Waals surface area contributed by atoms with Gasteiger partial charge in [0, 0.05) is 6.42 Å². The minimum absolute atomic E-state index is 0.270. The maximum absolute atomic E-state index is 10.7. The zero-order valence-corrected chi connectivity index (χ0v) is 7.74. The van der Waals surface area contributed by atoms with Gasteiger partial charge in [-0.15, -0.1) is 0 Å². The summed E-state index contributed by atoms with van der Waals surface area (Å²) in [5.74, 6) is 0.741. The summed E-state index contributed by atoms with van der Waals surface area (Å²) in [4.78, 5) is 10.7. The van der Waals surface area contributed by atoms with E-state index in [9.17, 15) is 4.79 Å². The molecule has 10 heavy (non-hydrogen) atoms. The van der Waals surface area contributed by atoms with Crippen LogP contribution in [-0.2, 0) is 4.79 Å². The molecule has 0 N–H and O–H groups in total. The number of rotatable bonds is 2. The third-order valence-electron chi connectivity index (χ3n) is 1.55. The standard InChI is InChI=1S/C8H9IO/c9-5-1-2-7-3-4-8(10)6-7/h1,3-5,7H,2,6H2/b5-1-/t7-/m0/s1. The van der Waals surface area contributed by atoms with Gasteiger partial charge in [0.15, 0.2) is 5.78 Å². The minimum Gasteiger partial charge on any atom is -0.295 e. The summed E-state index contributed by atoms with van der Waals surface area (Å²) in [7, 11) is 0. The first-order valence-electron chi connectivity index (χ1n) is 3.29. The predicted octanol–water partition coefficient (Wildman–Crippen LogP) is 2.47. The van der Waals surface area contributed by atoms with Crippen molar-refractivity contribution in [3.63, 3.8) is 0 Å². The Morgan fingerprint density at radius 1 is 1.80 bits per heavy atom. The number of hydrogen-bond acceptors (Lipinski definition) is 1. The second-order valence-electron chi connectivity index (χ2n) is 2.39. The van der Waals surface area contributed by atoms with E-state index in [1.165, 1.54) is 0 Å². The van der Waals surface area contributed by atoms with E-state index in [1.807, 2.05) is 10.2 Å². The summed E-state index contributed by atoms with van der Waals surface area (Å²) in [6.07, 6.45) is 7.49. The molecule has 0 aliphatic heterocycles. The topological polar surface area (TPSA) is 17.1 Å². The van der Waals surface area contributed by atoms with Crippen LogP contribution >= 0.6 is 22.6 Å². The lowest BCUT2D eigenvalue weighted by atomic mass is 10.1. The van der Waals surface area contributed by atoms with Crippen molar-refractivity contribution in [1.82, 2.24) is 0 Å². The molecule has 0 unspecified atom stereocenters. The quantitative estimate of drug-likeness (QED) is 0.686. The highest BCUT2D eigenvalue weighted by atomic mass is 127. The van der Waals surface area contributed by atoms with Gasteiger partial charge in [0.2, 0.25) is 0 Å². The largest absolute Gasteiger partial charge is 0.295 e. The third-order valence-corrected chi connectivity index (χ3v) is 2.05. The highest BCUT2D eigenvalue weighted by molar-refractivity contribution is 14.1. The Kier molecular flexibility index (Phi) is 3.12. The van der Waals surface area contributed by atoms with Crippen molar-refractivity contribution in [3.8, 4) is 0 Å². The van der Waals surface area contributed by atoms with E-state index in [1.54, 1.807) is 6.08 Å². The van der Waals surface area contributed by atoms with Crippen LogP contribution in [0, 0.1) is 5.92 Å². The summed E-state index contributed by atoms with van der Waals surface area (Å²) in [6, 6.07) is 0. The molecule has 1 nitrogen and oxygen atoms in total. The van der Waals surface area contributed by atoms with Gasteiger partial charge in [-0.3, -0.25) is 4.79 Å². The maximum atomic E-state index is 10.7. The molecule has 0 heterocycles. The smallest absolute Gasteiger partial charge is 0.155 e. The predicted molar refractivity (Wildman–Crippen MR) is 50.0 cm³/mol. The highest BCUT2D eigenvalue weighted by Gasteiger charge is 2.13. The molecular formula is C8H9IO. The lowest BCUT2D eigenvalue weighted by molar-refractivity contribution is -0.114. The summed E-state index contributed by atoms with van der Waals surface area (Å²) in [6.45, 7) is 0. The molecule has 1 aliphatic rings. The number of ketones is 1. The monoisotopic (exact) mass is 248 g/mol. The van der Waals surface area contributed by atoms with Crippen molar-refractivity contribution in [1.29, 1.82) is 0 Å². The van der Waals surface area contributed by atoms with Crippen molar-refractivity contribution in [3.05, 3.63) is 22.3 Å². The van der Waals surface area contributed by atoms with E-state index in [2.05, 4.69) is 28.7 Å². The van der Waals surface area contributed by atoms with Crippen LogP contribution < -0.4 is 0 Å². The Balaban J connectivity index is 2.33. The number of halogens is 1. The number of hydrogen-bond donors (Lipinski definition) is 0. The van der Waals surface area contributed by atoms with Crippen molar-refractivity contribution < 1.29 is 4.79 Å². The summed E-state index contributed by atoms with van der Waals surface area (Å²) in [5.41, 5.74) is 0. The average Bonchev–Trinajstić information content (AvgIpc) is 2.31. The number of carbonyl (C=O) groups excluding carboxylic acids is 1. The van der Waals surface area contributed by atoms with Crippen molar-refractivity contribution in [2.75, 3.05) is 0 Å². The van der Waals surface area contributed by atoms with Crippen LogP contribution in [0.1, 0.15) is 12.8 Å². The molecule has 0 radical (unpaired) electrons. The molecular weight excluding hydrogens is 239 g/mol. The van der Waals surface area contributed by atoms with Crippen LogP contribution in [-0.4, -0.2) is 5.78 Å². The van der Waals surface area contributed by atoms with Crippen LogP contribution in [0.2, 0.25) is 0 Å². The zero-order valence-electron chi connectivity index (χ0n) is 5.59. The van der Waals surface area contributed by atoms with E-state index in [4.69, 9.17) is 0 Å². The fourth-order valence-corrected chi connectivity index (χ4v) is 1.32. The SMILES string of the molecule is O=C1C=C[C@H](C/C=C\I)C1. The Morgan fingerprint density at radius 2 is 2.60 bits per heavy atom. The van der Waals surface area contributed by atoms with Crippen LogP contribution in [0.15, 0.2) is 22.3 Å². The Morgan fingerprint density at radius 3 is 3.10 bits per heavy atom. The first kappa shape index (κ1) is 7.98. The fourth-order valence-electron chi connectivity index (χ4n) is 1.03. The van der Waals surface area contributed by atoms with Crippen LogP contribution in [0.25, 0.3) is 0 Å². The van der Waals surface area contributed by atoms with E-state index >= 15 is 0 Å². The summed E-state index contributed by atoms with van der Waals surface area (Å²) >= 11 is 2.19. The first-order chi connectivity index (χ1) is 4.83. The lowest BCUT2D eigenvalue weighted by Crippen LogP contribution is -1.93. The molecule has 54 valence electrons. The van der Waals surface area contributed by atoms with Crippen LogP contribution in [0.5, 0.6) is 0 Å². The molecule has 1 atom stereocenters. The molecule has 0 fully saturated rings. The molecule has 0 spiro atoms. The van der Waals surface area contributed by atoms with Gasteiger partial charge in [-0.2, -0.15) is 0 Å². The molecule has 0 aromatic heterocycles. The van der Waals surface area contributed by atoms with Gasteiger partial charge in [0.1, 0.15) is 0 Å². The molecule has 0 saturated heterocycles. The second-order valence-corrected chi connectivity index (χ2v) is 3.11. The number of allylic oxidation sites excluding steroid dienone is 3. The van der Waals surface area contributed by atoms with Gasteiger partial charge in [0.05, 0.1) is 0 Å². The normalized spacial score (nSPS) is 24.9. The lowest BCUT2D eigenvalue weighted by Gasteiger charge is -1.98. The third kappa shape index (κ3) is 2.25. The van der Waals surface area contributed by atoms with E-state index < -0.39 is 0 Å². The molecule has 0 saturated carbocycles. The number of carbonyl (C=O) groups is 1. The van der Waals surface area contributed by atoms with Crippen molar-refractivity contribution in [2.24, 2.45) is 5.92 Å². The Hall–Kier alpha value is -0.120. The molecule has 1 rings (SSSR count). The first-order valence-corrected chi connectivity index (χ1v) is 4.53. The summed E-state index contributed by atoms with van der Waals surface area (Å²) < 4.78 is 1.99. The second kappa shape index (κ2) is 3.91. The highest BCUT2D eigenvalue weighted by Crippen LogP contribution is 2.18. The molecule has 0 bridgehead atoms. The molecule has 2 heteroatoms. The van der Waals surface area contributed by atoms with Gasteiger partial charge in [-0.05, 0) is 22.5 Å². The van der Waals surface area contributed by atoms with Gasteiger partial charge in [0.25, 0.3) is 0 Å². The van der Waals surface area contributed by atoms with E-state index in [0.717, 1.165) is 6.42 Å². The van der Waals surface area contributed by atoms with Crippen molar-refractivity contribution >= 4 is 28.4 Å². The van der Waals surface area contributed by atoms with Gasteiger partial charge < -0.3 is 0 Å². The molecule has 0 aromatic rings. The zero-order chi connectivity index (χ0) is 7.40. The van der Waals surface area contributed by atoms with Crippen LogP contribution in [0.3, 0.4) is 0 Å². The summed E-state index contributed by atoms with van der Waals surface area (Å²) in [5, 5.41) is 0. The maximum Gasteiger partial charge on any atom is 0.155 e. The van der Waals surface area contributed by atoms with Gasteiger partial charge >= 0.3 is 0 Å². The van der Waals surface area contributed by atoms with Gasteiger partial charge in [-0.1, -0.05) is 34.7 Å². The van der Waals surface area contributed by atoms with Gasteiger partial charge in [-0.25, -0.2) is 0 Å². The van der Waals surface area contributed by atoms with Crippen LogP contribution in [0.4, 0.5) is 0 Å². The Labute approximate surface area is 74.3 Å². The van der Waals surface area contributed by atoms with E-state index in [-0.39, 0.29) is 5.78 Å². The minimum atomic E-state index is 0.270. The molecule has 0 amide bonds. The Bertz CT molecular complexity index is 182. The fraction of sp³-hybridized carbons (Fsp3) is 0.375. The molecule has 1 aliphatic carbocycles. The molecule has 0 aromatic carbocycles.